The van der Waals surface area contributed by atoms with Gasteiger partial charge < -0.3 is 9.84 Å². The van der Waals surface area contributed by atoms with Gasteiger partial charge in [0.25, 0.3) is 0 Å². The Balaban J connectivity index is 2.52. The van der Waals surface area contributed by atoms with Crippen LogP contribution in [0.25, 0.3) is 0 Å². The van der Waals surface area contributed by atoms with Gasteiger partial charge in [-0.25, -0.2) is 14.4 Å². The Labute approximate surface area is 134 Å². The molecule has 7 heteroatoms. The van der Waals surface area contributed by atoms with Crippen molar-refractivity contribution in [2.75, 3.05) is 0 Å². The first-order valence-electron chi connectivity index (χ1n) is 7.02. The van der Waals surface area contributed by atoms with E-state index >= 15 is 0 Å². The number of hydrogen-bond donors (Lipinski definition) is 1. The van der Waals surface area contributed by atoms with Crippen LogP contribution in [-0.4, -0.2) is 34.7 Å². The Bertz CT molecular complexity index is 592. The van der Waals surface area contributed by atoms with Gasteiger partial charge in [0.2, 0.25) is 0 Å². The Kier molecular flexibility index (Phi) is 6.27. The molecule has 1 atom stereocenters. The zero-order valence-electron chi connectivity index (χ0n) is 13.5. The SMILES string of the molecule is Cc1ccccc1C(=O)OOC(C)CC(C)(C)OC(=O)C(=O)O. The van der Waals surface area contributed by atoms with Crippen LogP contribution in [0, 0.1) is 6.92 Å². The first-order chi connectivity index (χ1) is 10.6. The molecule has 1 rings (SSSR count). The summed E-state index contributed by atoms with van der Waals surface area (Å²) in [6.45, 7) is 6.46. The first-order valence-corrected chi connectivity index (χ1v) is 7.02. The molecule has 1 unspecified atom stereocenters. The highest BCUT2D eigenvalue weighted by Gasteiger charge is 2.29. The van der Waals surface area contributed by atoms with Crippen molar-refractivity contribution in [3.05, 3.63) is 35.4 Å². The van der Waals surface area contributed by atoms with Crippen LogP contribution >= 0.6 is 0 Å². The molecule has 0 heterocycles. The maximum Gasteiger partial charge on any atom is 0.417 e. The second-order valence-electron chi connectivity index (χ2n) is 5.75. The Morgan fingerprint density at radius 1 is 1.22 bits per heavy atom. The van der Waals surface area contributed by atoms with Gasteiger partial charge in [-0.2, -0.15) is 4.89 Å². The quantitative estimate of drug-likeness (QED) is 0.371. The van der Waals surface area contributed by atoms with E-state index in [-0.39, 0.29) is 6.42 Å². The van der Waals surface area contributed by atoms with E-state index in [9.17, 15) is 14.4 Å². The summed E-state index contributed by atoms with van der Waals surface area (Å²) in [5, 5.41) is 8.53. The minimum atomic E-state index is -1.67. The summed E-state index contributed by atoms with van der Waals surface area (Å²) in [5.74, 6) is -3.65. The molecule has 0 aliphatic heterocycles. The number of aryl methyl sites for hydroxylation is 1. The number of rotatable bonds is 6. The van der Waals surface area contributed by atoms with Crippen molar-refractivity contribution in [2.24, 2.45) is 0 Å². The minimum Gasteiger partial charge on any atom is -0.473 e. The summed E-state index contributed by atoms with van der Waals surface area (Å²) >= 11 is 0. The van der Waals surface area contributed by atoms with Gasteiger partial charge >= 0.3 is 17.9 Å². The van der Waals surface area contributed by atoms with E-state index in [2.05, 4.69) is 0 Å². The number of carbonyl (C=O) groups is 3. The predicted molar refractivity (Wildman–Crippen MR) is 79.6 cm³/mol. The maximum absolute atomic E-state index is 11.9. The molecule has 23 heavy (non-hydrogen) atoms. The Hall–Kier alpha value is -2.41. The first kappa shape index (κ1) is 18.6. The fourth-order valence-electron chi connectivity index (χ4n) is 2.04. The molecule has 1 N–H and O–H groups in total. The van der Waals surface area contributed by atoms with E-state index in [1.807, 2.05) is 0 Å². The molecule has 0 aliphatic carbocycles. The van der Waals surface area contributed by atoms with E-state index in [1.165, 1.54) is 13.8 Å². The van der Waals surface area contributed by atoms with E-state index in [0.29, 0.717) is 5.56 Å². The van der Waals surface area contributed by atoms with Crippen LogP contribution in [0.3, 0.4) is 0 Å². The lowest BCUT2D eigenvalue weighted by Crippen LogP contribution is -2.35. The number of carbonyl (C=O) groups excluding carboxylic acids is 2. The number of hydrogen-bond acceptors (Lipinski definition) is 6. The molecule has 7 nitrogen and oxygen atoms in total. The van der Waals surface area contributed by atoms with Crippen molar-refractivity contribution < 1.29 is 34.0 Å². The van der Waals surface area contributed by atoms with E-state index in [4.69, 9.17) is 19.6 Å². The van der Waals surface area contributed by atoms with Gasteiger partial charge in [0.05, 0.1) is 5.56 Å². The van der Waals surface area contributed by atoms with Crippen LogP contribution in [-0.2, 0) is 24.1 Å². The fourth-order valence-corrected chi connectivity index (χ4v) is 2.04. The number of carboxylic acids is 1. The molecule has 0 amide bonds. The molecule has 0 radical (unpaired) electrons. The average molecular weight is 324 g/mol. The summed E-state index contributed by atoms with van der Waals surface area (Å²) < 4.78 is 4.82. The third-order valence-corrected chi connectivity index (χ3v) is 2.98. The number of esters is 1. The third-order valence-electron chi connectivity index (χ3n) is 2.98. The summed E-state index contributed by atoms with van der Waals surface area (Å²) in [6.07, 6.45) is -0.452. The number of ether oxygens (including phenoxy) is 1. The van der Waals surface area contributed by atoms with E-state index in [1.54, 1.807) is 38.1 Å². The van der Waals surface area contributed by atoms with Crippen LogP contribution in [0.15, 0.2) is 24.3 Å². The smallest absolute Gasteiger partial charge is 0.417 e. The highest BCUT2D eigenvalue weighted by molar-refractivity contribution is 6.28. The second kappa shape index (κ2) is 7.73. The molecule has 1 aromatic rings. The highest BCUT2D eigenvalue weighted by atomic mass is 17.2. The van der Waals surface area contributed by atoms with Crippen LogP contribution in [0.4, 0.5) is 0 Å². The zero-order chi connectivity index (χ0) is 17.6. The average Bonchev–Trinajstić information content (AvgIpc) is 2.44. The lowest BCUT2D eigenvalue weighted by Gasteiger charge is -2.26. The van der Waals surface area contributed by atoms with Crippen molar-refractivity contribution in [3.63, 3.8) is 0 Å². The molecule has 0 bridgehead atoms. The van der Waals surface area contributed by atoms with Gasteiger partial charge in [0, 0.05) is 6.42 Å². The van der Waals surface area contributed by atoms with Crippen molar-refractivity contribution >= 4 is 17.9 Å². The zero-order valence-corrected chi connectivity index (χ0v) is 13.5. The maximum atomic E-state index is 11.9. The molecule has 1 aromatic carbocycles. The Morgan fingerprint density at radius 3 is 2.39 bits per heavy atom. The summed E-state index contributed by atoms with van der Waals surface area (Å²) in [7, 11) is 0. The van der Waals surface area contributed by atoms with Crippen LogP contribution < -0.4 is 0 Å². The predicted octanol–water partition coefficient (Wildman–Crippen LogP) is 2.27. The lowest BCUT2D eigenvalue weighted by molar-refractivity contribution is -0.277. The van der Waals surface area contributed by atoms with Crippen molar-refractivity contribution in [3.8, 4) is 0 Å². The largest absolute Gasteiger partial charge is 0.473 e. The molecule has 0 aliphatic rings. The highest BCUT2D eigenvalue weighted by Crippen LogP contribution is 2.19. The van der Waals surface area contributed by atoms with Gasteiger partial charge in [-0.15, -0.1) is 0 Å². The standard InChI is InChI=1S/C16H20O7/c1-10-7-5-6-8-12(10)14(19)23-22-11(2)9-16(3,4)21-15(20)13(17)18/h5-8,11H,9H2,1-4H3,(H,17,18). The minimum absolute atomic E-state index is 0.146. The number of aliphatic carboxylic acids is 1. The van der Waals surface area contributed by atoms with Crippen molar-refractivity contribution in [2.45, 2.75) is 45.8 Å². The summed E-state index contributed by atoms with van der Waals surface area (Å²) in [5.41, 5.74) is 0.0602. The topological polar surface area (TPSA) is 99.1 Å². The summed E-state index contributed by atoms with van der Waals surface area (Å²) in [4.78, 5) is 43.2. The molecule has 0 spiro atoms. The van der Waals surface area contributed by atoms with Crippen molar-refractivity contribution in [1.29, 1.82) is 0 Å². The molecule has 0 saturated carbocycles. The molecule has 0 saturated heterocycles. The van der Waals surface area contributed by atoms with Crippen molar-refractivity contribution in [1.82, 2.24) is 0 Å². The molecule has 0 aromatic heterocycles. The second-order valence-corrected chi connectivity index (χ2v) is 5.75. The fraction of sp³-hybridized carbons (Fsp3) is 0.438. The van der Waals surface area contributed by atoms with Gasteiger partial charge in [-0.1, -0.05) is 18.2 Å². The van der Waals surface area contributed by atoms with E-state index < -0.39 is 29.6 Å². The normalized spacial score (nSPS) is 12.3. The molecule has 126 valence electrons. The third kappa shape index (κ3) is 6.07. The molecule has 0 fully saturated rings. The lowest BCUT2D eigenvalue weighted by atomic mass is 10.0. The Morgan fingerprint density at radius 2 is 1.83 bits per heavy atom. The molecular weight excluding hydrogens is 304 g/mol. The van der Waals surface area contributed by atoms with Gasteiger partial charge in [0.1, 0.15) is 11.7 Å². The van der Waals surface area contributed by atoms with Crippen LogP contribution in [0.5, 0.6) is 0 Å². The van der Waals surface area contributed by atoms with Crippen LogP contribution in [0.1, 0.15) is 43.1 Å². The number of benzene rings is 1. The van der Waals surface area contributed by atoms with Crippen LogP contribution in [0.2, 0.25) is 0 Å². The van der Waals surface area contributed by atoms with E-state index in [0.717, 1.165) is 5.56 Å². The van der Waals surface area contributed by atoms with Gasteiger partial charge in [-0.05, 0) is 39.3 Å². The summed E-state index contributed by atoms with van der Waals surface area (Å²) in [6, 6.07) is 6.90. The monoisotopic (exact) mass is 324 g/mol. The number of carboxylic acid groups (broad SMARTS) is 1. The van der Waals surface area contributed by atoms with Gasteiger partial charge in [0.15, 0.2) is 0 Å². The molecular formula is C16H20O7. The van der Waals surface area contributed by atoms with Gasteiger partial charge in [-0.3, -0.25) is 4.89 Å².